The number of nitrogens with zero attached hydrogens (tertiary/aromatic N) is 1. The fourth-order valence-electron chi connectivity index (χ4n) is 2.45. The Bertz CT molecular complexity index is 388. The third-order valence-electron chi connectivity index (χ3n) is 4.87. The van der Waals surface area contributed by atoms with E-state index in [2.05, 4.69) is 10.6 Å². The smallest absolute Gasteiger partial charge is 0.318 e. The lowest BCUT2D eigenvalue weighted by molar-refractivity contribution is -0.150. The molecule has 0 aliphatic carbocycles. The number of piperidine rings is 1. The summed E-state index contributed by atoms with van der Waals surface area (Å²) >= 11 is 0. The van der Waals surface area contributed by atoms with Gasteiger partial charge in [0.05, 0.1) is 11.0 Å². The van der Waals surface area contributed by atoms with Crippen molar-refractivity contribution < 1.29 is 14.7 Å². The number of carboxylic acid groups (broad SMARTS) is 1. The Balaban J connectivity index is 2.79. The summed E-state index contributed by atoms with van der Waals surface area (Å²) in [5, 5.41) is 15.6. The summed E-state index contributed by atoms with van der Waals surface area (Å²) < 4.78 is 0. The van der Waals surface area contributed by atoms with Crippen LogP contribution in [0.4, 0.5) is 4.79 Å². The molecule has 0 aromatic heterocycles. The van der Waals surface area contributed by atoms with Crippen molar-refractivity contribution in [3.8, 4) is 0 Å². The Labute approximate surface area is 127 Å². The van der Waals surface area contributed by atoms with Gasteiger partial charge in [0.25, 0.3) is 0 Å². The van der Waals surface area contributed by atoms with Crippen molar-refractivity contribution in [2.45, 2.75) is 59.0 Å². The molecule has 0 radical (unpaired) electrons. The molecule has 0 aromatic carbocycles. The number of carbonyl (C=O) groups is 2. The summed E-state index contributed by atoms with van der Waals surface area (Å²) in [5.74, 6) is -0.919. The fourth-order valence-corrected chi connectivity index (χ4v) is 2.45. The normalized spacial score (nSPS) is 17.4. The van der Waals surface area contributed by atoms with Gasteiger partial charge >= 0.3 is 12.0 Å². The average Bonchev–Trinajstić information content (AvgIpc) is 2.39. The van der Waals surface area contributed by atoms with Gasteiger partial charge in [0.15, 0.2) is 0 Å². The molecular weight excluding hydrogens is 270 g/mol. The van der Waals surface area contributed by atoms with Crippen molar-refractivity contribution in [3.05, 3.63) is 0 Å². The molecule has 6 heteroatoms. The van der Waals surface area contributed by atoms with Gasteiger partial charge in [0.1, 0.15) is 0 Å². The Morgan fingerprint density at radius 1 is 1.24 bits per heavy atom. The highest BCUT2D eigenvalue weighted by Gasteiger charge is 2.45. The first-order valence-corrected chi connectivity index (χ1v) is 7.66. The molecule has 0 unspecified atom stereocenters. The van der Waals surface area contributed by atoms with E-state index >= 15 is 0 Å². The number of amides is 2. The maximum absolute atomic E-state index is 12.6. The van der Waals surface area contributed by atoms with Gasteiger partial charge in [-0.15, -0.1) is 0 Å². The van der Waals surface area contributed by atoms with E-state index in [0.29, 0.717) is 6.54 Å². The van der Waals surface area contributed by atoms with Crippen LogP contribution in [0.3, 0.4) is 0 Å². The standard InChI is InChI=1S/C15H29N3O3/c1-6-18(11-7-9-16-10-8-11)13(21)17-15(4,5)14(2,3)12(19)20/h11,16H,6-10H2,1-5H3,(H,17,21)(H,19,20). The van der Waals surface area contributed by atoms with Crippen LogP contribution in [0.1, 0.15) is 47.5 Å². The van der Waals surface area contributed by atoms with Gasteiger partial charge in [-0.05, 0) is 60.5 Å². The highest BCUT2D eigenvalue weighted by molar-refractivity contribution is 5.80. The maximum atomic E-state index is 12.6. The lowest BCUT2D eigenvalue weighted by atomic mass is 9.74. The second-order valence-corrected chi connectivity index (χ2v) is 6.75. The average molecular weight is 299 g/mol. The number of rotatable bonds is 5. The van der Waals surface area contributed by atoms with E-state index in [0.717, 1.165) is 25.9 Å². The zero-order valence-electron chi connectivity index (χ0n) is 13.8. The second-order valence-electron chi connectivity index (χ2n) is 6.75. The molecule has 21 heavy (non-hydrogen) atoms. The van der Waals surface area contributed by atoms with Crippen LogP contribution in [0.2, 0.25) is 0 Å². The lowest BCUT2D eigenvalue weighted by Crippen LogP contribution is -2.61. The molecule has 1 aliphatic rings. The molecule has 0 aromatic rings. The molecule has 1 aliphatic heterocycles. The van der Waals surface area contributed by atoms with Crippen molar-refractivity contribution >= 4 is 12.0 Å². The molecule has 122 valence electrons. The van der Waals surface area contributed by atoms with Gasteiger partial charge in [-0.3, -0.25) is 4.79 Å². The molecule has 6 nitrogen and oxygen atoms in total. The van der Waals surface area contributed by atoms with Crippen LogP contribution in [-0.4, -0.2) is 53.2 Å². The minimum Gasteiger partial charge on any atom is -0.481 e. The van der Waals surface area contributed by atoms with Crippen molar-refractivity contribution in [2.75, 3.05) is 19.6 Å². The monoisotopic (exact) mass is 299 g/mol. The number of hydrogen-bond acceptors (Lipinski definition) is 3. The number of nitrogens with one attached hydrogen (secondary N) is 2. The third kappa shape index (κ3) is 3.87. The van der Waals surface area contributed by atoms with Gasteiger partial charge in [-0.1, -0.05) is 0 Å². The Kier molecular flexibility index (Phi) is 5.61. The minimum atomic E-state index is -1.05. The summed E-state index contributed by atoms with van der Waals surface area (Å²) in [6.07, 6.45) is 1.87. The Morgan fingerprint density at radius 2 is 1.76 bits per heavy atom. The molecule has 0 spiro atoms. The predicted molar refractivity (Wildman–Crippen MR) is 82.3 cm³/mol. The van der Waals surface area contributed by atoms with E-state index in [9.17, 15) is 14.7 Å². The molecule has 0 bridgehead atoms. The maximum Gasteiger partial charge on any atom is 0.318 e. The van der Waals surface area contributed by atoms with E-state index < -0.39 is 16.9 Å². The topological polar surface area (TPSA) is 81.7 Å². The van der Waals surface area contributed by atoms with Crippen LogP contribution in [-0.2, 0) is 4.79 Å². The molecule has 3 N–H and O–H groups in total. The third-order valence-corrected chi connectivity index (χ3v) is 4.87. The highest BCUT2D eigenvalue weighted by atomic mass is 16.4. The van der Waals surface area contributed by atoms with Crippen LogP contribution in [0.5, 0.6) is 0 Å². The van der Waals surface area contributed by atoms with Crippen LogP contribution in [0, 0.1) is 5.41 Å². The van der Waals surface area contributed by atoms with Crippen LogP contribution in [0.25, 0.3) is 0 Å². The van der Waals surface area contributed by atoms with E-state index in [4.69, 9.17) is 0 Å². The number of hydrogen-bond donors (Lipinski definition) is 3. The first-order valence-electron chi connectivity index (χ1n) is 7.66. The molecule has 1 fully saturated rings. The van der Waals surface area contributed by atoms with E-state index in [1.54, 1.807) is 27.7 Å². The summed E-state index contributed by atoms with van der Waals surface area (Å²) in [7, 11) is 0. The van der Waals surface area contributed by atoms with Crippen molar-refractivity contribution in [3.63, 3.8) is 0 Å². The zero-order valence-corrected chi connectivity index (χ0v) is 13.8. The number of aliphatic carboxylic acids is 1. The predicted octanol–water partition coefficient (Wildman–Crippen LogP) is 1.66. The first-order chi connectivity index (χ1) is 9.63. The van der Waals surface area contributed by atoms with Crippen LogP contribution < -0.4 is 10.6 Å². The van der Waals surface area contributed by atoms with Crippen molar-refractivity contribution in [2.24, 2.45) is 5.41 Å². The molecule has 0 saturated carbocycles. The molecule has 1 rings (SSSR count). The van der Waals surface area contributed by atoms with E-state index in [-0.39, 0.29) is 12.1 Å². The quantitative estimate of drug-likeness (QED) is 0.721. The van der Waals surface area contributed by atoms with Gasteiger partial charge in [0.2, 0.25) is 0 Å². The molecule has 0 atom stereocenters. The Hall–Kier alpha value is -1.30. The zero-order chi connectivity index (χ0) is 16.3. The van der Waals surface area contributed by atoms with Gasteiger partial charge < -0.3 is 20.6 Å². The summed E-state index contributed by atoms with van der Waals surface area (Å²) in [5.41, 5.74) is -1.88. The summed E-state index contributed by atoms with van der Waals surface area (Å²) in [6, 6.07) is 0.0451. The number of carboxylic acids is 1. The number of urea groups is 1. The molecule has 2 amide bonds. The number of carbonyl (C=O) groups excluding carboxylic acids is 1. The largest absolute Gasteiger partial charge is 0.481 e. The lowest BCUT2D eigenvalue weighted by Gasteiger charge is -2.42. The molecule has 1 saturated heterocycles. The van der Waals surface area contributed by atoms with E-state index in [1.165, 1.54) is 0 Å². The van der Waals surface area contributed by atoms with Crippen molar-refractivity contribution in [1.29, 1.82) is 0 Å². The fraction of sp³-hybridized carbons (Fsp3) is 0.867. The van der Waals surface area contributed by atoms with Gasteiger partial charge in [0, 0.05) is 12.6 Å². The van der Waals surface area contributed by atoms with Gasteiger partial charge in [-0.25, -0.2) is 4.79 Å². The molecular formula is C15H29N3O3. The molecule has 1 heterocycles. The van der Waals surface area contributed by atoms with E-state index in [1.807, 2.05) is 11.8 Å². The first kappa shape index (κ1) is 17.8. The second kappa shape index (κ2) is 6.64. The highest BCUT2D eigenvalue weighted by Crippen LogP contribution is 2.31. The van der Waals surface area contributed by atoms with Crippen LogP contribution >= 0.6 is 0 Å². The minimum absolute atomic E-state index is 0.177. The van der Waals surface area contributed by atoms with Gasteiger partial charge in [-0.2, -0.15) is 0 Å². The summed E-state index contributed by atoms with van der Waals surface area (Å²) in [6.45, 7) is 11.2. The van der Waals surface area contributed by atoms with Crippen molar-refractivity contribution in [1.82, 2.24) is 15.5 Å². The Morgan fingerprint density at radius 3 is 2.19 bits per heavy atom. The van der Waals surface area contributed by atoms with Crippen LogP contribution in [0.15, 0.2) is 0 Å². The SMILES string of the molecule is CCN(C(=O)NC(C)(C)C(C)(C)C(=O)O)C1CCNCC1. The summed E-state index contributed by atoms with van der Waals surface area (Å²) in [4.78, 5) is 25.8.